The molecular weight excluding hydrogens is 280 g/mol. The third-order valence-electron chi connectivity index (χ3n) is 3.00. The van der Waals surface area contributed by atoms with Gasteiger partial charge in [-0.15, -0.1) is 0 Å². The van der Waals surface area contributed by atoms with Crippen LogP contribution in [0, 0.1) is 5.92 Å². The van der Waals surface area contributed by atoms with Crippen molar-refractivity contribution in [2.45, 2.75) is 33.6 Å². The molecular formula is C12H21BrN4. The Kier molecular flexibility index (Phi) is 5.68. The fraction of sp³-hybridized carbons (Fsp3) is 0.667. The number of hydrogen-bond acceptors (Lipinski definition) is 4. The Morgan fingerprint density at radius 3 is 2.41 bits per heavy atom. The fourth-order valence-corrected chi connectivity index (χ4v) is 2.17. The summed E-state index contributed by atoms with van der Waals surface area (Å²) in [6, 6.07) is 1.72. The van der Waals surface area contributed by atoms with Gasteiger partial charge >= 0.3 is 0 Å². The highest BCUT2D eigenvalue weighted by molar-refractivity contribution is 9.10. The first-order valence-corrected chi connectivity index (χ1v) is 6.94. The Bertz CT molecular complexity index is 332. The third-order valence-corrected chi connectivity index (χ3v) is 3.41. The number of rotatable bonds is 6. The van der Waals surface area contributed by atoms with Crippen LogP contribution in [-0.4, -0.2) is 23.1 Å². The van der Waals surface area contributed by atoms with E-state index in [0.717, 1.165) is 17.7 Å². The first kappa shape index (κ1) is 14.2. The van der Waals surface area contributed by atoms with E-state index in [9.17, 15) is 0 Å². The van der Waals surface area contributed by atoms with Crippen LogP contribution in [0.5, 0.6) is 0 Å². The van der Waals surface area contributed by atoms with Crippen LogP contribution in [0.15, 0.2) is 10.7 Å². The molecule has 0 saturated heterocycles. The van der Waals surface area contributed by atoms with Gasteiger partial charge in [-0.05, 0) is 28.8 Å². The van der Waals surface area contributed by atoms with Gasteiger partial charge in [0.05, 0.1) is 0 Å². The standard InChI is InChI=1S/C12H21BrN4/c1-4-9(5-2)8-17(6-3)12-15-10(13)7-11(14)16-12/h7,9H,4-6,8H2,1-3H3,(H2,14,15,16). The van der Waals surface area contributed by atoms with E-state index in [2.05, 4.69) is 51.6 Å². The van der Waals surface area contributed by atoms with Crippen molar-refractivity contribution in [1.82, 2.24) is 9.97 Å². The van der Waals surface area contributed by atoms with Crippen molar-refractivity contribution in [2.24, 2.45) is 5.92 Å². The molecule has 17 heavy (non-hydrogen) atoms. The molecule has 0 fully saturated rings. The number of nitrogens with two attached hydrogens (primary N) is 1. The Hall–Kier alpha value is -0.840. The number of halogens is 1. The Labute approximate surface area is 112 Å². The van der Waals surface area contributed by atoms with E-state index in [1.54, 1.807) is 6.07 Å². The van der Waals surface area contributed by atoms with Crippen LogP contribution in [0.4, 0.5) is 11.8 Å². The highest BCUT2D eigenvalue weighted by Gasteiger charge is 2.13. The zero-order valence-electron chi connectivity index (χ0n) is 10.8. The summed E-state index contributed by atoms with van der Waals surface area (Å²) >= 11 is 3.35. The van der Waals surface area contributed by atoms with E-state index >= 15 is 0 Å². The molecule has 1 rings (SSSR count). The van der Waals surface area contributed by atoms with Crippen molar-refractivity contribution in [3.8, 4) is 0 Å². The molecule has 0 amide bonds. The van der Waals surface area contributed by atoms with Gasteiger partial charge in [0.1, 0.15) is 10.4 Å². The smallest absolute Gasteiger partial charge is 0.228 e. The second kappa shape index (κ2) is 6.79. The monoisotopic (exact) mass is 300 g/mol. The Morgan fingerprint density at radius 2 is 1.94 bits per heavy atom. The molecule has 0 spiro atoms. The van der Waals surface area contributed by atoms with Crippen molar-refractivity contribution in [2.75, 3.05) is 23.7 Å². The van der Waals surface area contributed by atoms with Crippen molar-refractivity contribution in [1.29, 1.82) is 0 Å². The normalized spacial score (nSPS) is 10.9. The van der Waals surface area contributed by atoms with Crippen molar-refractivity contribution in [3.05, 3.63) is 10.7 Å². The van der Waals surface area contributed by atoms with Crippen LogP contribution in [0.3, 0.4) is 0 Å². The van der Waals surface area contributed by atoms with Gasteiger partial charge in [-0.25, -0.2) is 4.98 Å². The van der Waals surface area contributed by atoms with E-state index in [1.807, 2.05) is 0 Å². The number of aromatic nitrogens is 2. The Balaban J connectivity index is 2.85. The van der Waals surface area contributed by atoms with Crippen molar-refractivity contribution < 1.29 is 0 Å². The minimum atomic E-state index is 0.505. The maximum absolute atomic E-state index is 5.74. The topological polar surface area (TPSA) is 55.0 Å². The lowest BCUT2D eigenvalue weighted by molar-refractivity contribution is 0.482. The number of nitrogen functional groups attached to an aromatic ring is 1. The second-order valence-corrected chi connectivity index (χ2v) is 4.95. The predicted molar refractivity (Wildman–Crippen MR) is 76.1 cm³/mol. The molecule has 0 unspecified atom stereocenters. The van der Waals surface area contributed by atoms with Gasteiger partial charge in [-0.2, -0.15) is 4.98 Å². The molecule has 0 radical (unpaired) electrons. The van der Waals surface area contributed by atoms with Crippen LogP contribution in [-0.2, 0) is 0 Å². The summed E-state index contributed by atoms with van der Waals surface area (Å²) in [4.78, 5) is 10.8. The summed E-state index contributed by atoms with van der Waals surface area (Å²) < 4.78 is 0.739. The molecule has 0 aliphatic carbocycles. The van der Waals surface area contributed by atoms with Gasteiger partial charge in [0.25, 0.3) is 0 Å². The molecule has 2 N–H and O–H groups in total. The molecule has 0 aromatic carbocycles. The lowest BCUT2D eigenvalue weighted by atomic mass is 10.0. The van der Waals surface area contributed by atoms with Gasteiger partial charge in [-0.3, -0.25) is 0 Å². The first-order chi connectivity index (χ1) is 8.10. The molecule has 1 heterocycles. The summed E-state index contributed by atoms with van der Waals surface area (Å²) in [5.41, 5.74) is 5.74. The summed E-state index contributed by atoms with van der Waals surface area (Å²) in [7, 11) is 0. The zero-order valence-corrected chi connectivity index (χ0v) is 12.4. The maximum Gasteiger partial charge on any atom is 0.228 e. The number of hydrogen-bond donors (Lipinski definition) is 1. The fourth-order valence-electron chi connectivity index (χ4n) is 1.77. The minimum Gasteiger partial charge on any atom is -0.383 e. The summed E-state index contributed by atoms with van der Waals surface area (Å²) in [5.74, 6) is 1.90. The first-order valence-electron chi connectivity index (χ1n) is 6.15. The average molecular weight is 301 g/mol. The minimum absolute atomic E-state index is 0.505. The van der Waals surface area contributed by atoms with Crippen molar-refractivity contribution in [3.63, 3.8) is 0 Å². The molecule has 96 valence electrons. The van der Waals surface area contributed by atoms with E-state index in [0.29, 0.717) is 17.7 Å². The number of anilines is 2. The molecule has 0 saturated carbocycles. The van der Waals surface area contributed by atoms with Gasteiger partial charge in [-0.1, -0.05) is 26.7 Å². The van der Waals surface area contributed by atoms with Gasteiger partial charge in [0.15, 0.2) is 0 Å². The summed E-state index contributed by atoms with van der Waals surface area (Å²) in [6.07, 6.45) is 2.35. The van der Waals surface area contributed by atoms with E-state index in [-0.39, 0.29) is 0 Å². The van der Waals surface area contributed by atoms with Crippen LogP contribution >= 0.6 is 15.9 Å². The van der Waals surface area contributed by atoms with Crippen LogP contribution < -0.4 is 10.6 Å². The van der Waals surface area contributed by atoms with Gasteiger partial charge < -0.3 is 10.6 Å². The zero-order chi connectivity index (χ0) is 12.8. The SMILES string of the molecule is CCC(CC)CN(CC)c1nc(N)cc(Br)n1. The Morgan fingerprint density at radius 1 is 1.29 bits per heavy atom. The average Bonchev–Trinajstić information content (AvgIpc) is 2.29. The third kappa shape index (κ3) is 4.15. The van der Waals surface area contributed by atoms with E-state index in [4.69, 9.17) is 5.73 Å². The second-order valence-electron chi connectivity index (χ2n) is 4.14. The number of nitrogens with zero attached hydrogens (tertiary/aromatic N) is 3. The van der Waals surface area contributed by atoms with Crippen LogP contribution in [0.2, 0.25) is 0 Å². The maximum atomic E-state index is 5.74. The van der Waals surface area contributed by atoms with Gasteiger partial charge in [0.2, 0.25) is 5.95 Å². The van der Waals surface area contributed by atoms with Crippen molar-refractivity contribution >= 4 is 27.7 Å². The summed E-state index contributed by atoms with van der Waals surface area (Å²) in [6.45, 7) is 8.44. The molecule has 0 atom stereocenters. The van der Waals surface area contributed by atoms with Crippen LogP contribution in [0.1, 0.15) is 33.6 Å². The van der Waals surface area contributed by atoms with E-state index in [1.165, 1.54) is 12.8 Å². The highest BCUT2D eigenvalue weighted by atomic mass is 79.9. The summed E-state index contributed by atoms with van der Waals surface area (Å²) in [5, 5.41) is 0. The molecule has 1 aromatic heterocycles. The largest absolute Gasteiger partial charge is 0.383 e. The molecule has 0 bridgehead atoms. The predicted octanol–water partition coefficient (Wildman–Crippen LogP) is 3.08. The lowest BCUT2D eigenvalue weighted by Crippen LogP contribution is -2.30. The highest BCUT2D eigenvalue weighted by Crippen LogP contribution is 2.18. The molecule has 0 aliphatic rings. The van der Waals surface area contributed by atoms with Gasteiger partial charge in [0, 0.05) is 19.2 Å². The molecule has 1 aromatic rings. The quantitative estimate of drug-likeness (QED) is 0.820. The van der Waals surface area contributed by atoms with E-state index < -0.39 is 0 Å². The molecule has 0 aliphatic heterocycles. The van der Waals surface area contributed by atoms with Crippen LogP contribution in [0.25, 0.3) is 0 Å². The lowest BCUT2D eigenvalue weighted by Gasteiger charge is -2.25. The molecule has 4 nitrogen and oxygen atoms in total. The molecule has 5 heteroatoms.